The molecule has 1 aromatic rings. The van der Waals surface area contributed by atoms with Gasteiger partial charge in [-0.25, -0.2) is 0 Å². The summed E-state index contributed by atoms with van der Waals surface area (Å²) in [5, 5.41) is 2.36. The number of unbranched alkanes of at least 4 members (excludes halogenated alkanes) is 2. The summed E-state index contributed by atoms with van der Waals surface area (Å²) < 4.78 is 0. The summed E-state index contributed by atoms with van der Waals surface area (Å²) in [6, 6.07) is 5.62. The Balaban J connectivity index is 2.27. The topological polar surface area (TPSA) is 66.5 Å². The third kappa shape index (κ3) is 5.43. The molecule has 1 N–H and O–H groups in total. The smallest absolute Gasteiger partial charge is 0.249 e. The van der Waals surface area contributed by atoms with Crippen LogP contribution in [0.25, 0.3) is 0 Å². The van der Waals surface area contributed by atoms with Crippen molar-refractivity contribution in [3.8, 4) is 0 Å². The zero-order valence-electron chi connectivity index (χ0n) is 17.7. The van der Waals surface area contributed by atoms with Crippen LogP contribution in [0.1, 0.15) is 89.2 Å². The third-order valence-corrected chi connectivity index (χ3v) is 5.61. The molecule has 1 aromatic carbocycles. The molecular formula is C23H34N2O3. The molecule has 154 valence electrons. The van der Waals surface area contributed by atoms with Crippen molar-refractivity contribution in [2.45, 2.75) is 91.0 Å². The number of carbonyl (C=O) groups is 3. The molecule has 0 radical (unpaired) electrons. The first-order valence-electron chi connectivity index (χ1n) is 10.6. The summed E-state index contributed by atoms with van der Waals surface area (Å²) in [5.41, 5.74) is 3.06. The second-order valence-electron chi connectivity index (χ2n) is 7.88. The Hall–Kier alpha value is -2.17. The van der Waals surface area contributed by atoms with E-state index in [2.05, 4.69) is 31.3 Å². The number of imide groups is 1. The second kappa shape index (κ2) is 10.4. The number of amides is 3. The molecule has 1 heterocycles. The molecule has 0 saturated carbocycles. The van der Waals surface area contributed by atoms with E-state index in [4.69, 9.17) is 0 Å². The summed E-state index contributed by atoms with van der Waals surface area (Å²) in [4.78, 5) is 37.7. The van der Waals surface area contributed by atoms with Crippen molar-refractivity contribution in [1.82, 2.24) is 5.32 Å². The first-order chi connectivity index (χ1) is 13.4. The van der Waals surface area contributed by atoms with E-state index in [9.17, 15) is 14.4 Å². The van der Waals surface area contributed by atoms with Gasteiger partial charge in [0.25, 0.3) is 0 Å². The van der Waals surface area contributed by atoms with Crippen LogP contribution in [-0.4, -0.2) is 23.8 Å². The summed E-state index contributed by atoms with van der Waals surface area (Å²) in [5.74, 6) is -0.311. The second-order valence-corrected chi connectivity index (χ2v) is 7.88. The van der Waals surface area contributed by atoms with E-state index < -0.39 is 11.9 Å². The van der Waals surface area contributed by atoms with Crippen molar-refractivity contribution >= 4 is 23.4 Å². The summed E-state index contributed by atoms with van der Waals surface area (Å²) in [7, 11) is 0. The molecule has 1 saturated heterocycles. The Morgan fingerprint density at radius 1 is 1.18 bits per heavy atom. The molecule has 2 unspecified atom stereocenters. The van der Waals surface area contributed by atoms with Gasteiger partial charge in [0.1, 0.15) is 6.04 Å². The first-order valence-corrected chi connectivity index (χ1v) is 10.6. The Labute approximate surface area is 168 Å². The van der Waals surface area contributed by atoms with Gasteiger partial charge in [0.05, 0.1) is 0 Å². The maximum absolute atomic E-state index is 12.4. The molecule has 3 amide bonds. The zero-order chi connectivity index (χ0) is 20.7. The number of nitrogens with zero attached hydrogens (tertiary/aromatic N) is 1. The normalized spacial score (nSPS) is 17.9. The lowest BCUT2D eigenvalue weighted by molar-refractivity contribution is -0.135. The van der Waals surface area contributed by atoms with E-state index in [1.54, 1.807) is 4.90 Å². The van der Waals surface area contributed by atoms with Gasteiger partial charge in [-0.15, -0.1) is 0 Å². The SMILES string of the molecule is CCCCCC(CCC)c1ccc(N(C(C)=O)C2CCC(=O)NC2=O)c(C)c1. The average molecular weight is 387 g/mol. The van der Waals surface area contributed by atoms with Gasteiger partial charge in [-0.05, 0) is 49.3 Å². The van der Waals surface area contributed by atoms with E-state index in [1.807, 2.05) is 13.0 Å². The van der Waals surface area contributed by atoms with E-state index in [0.717, 1.165) is 24.1 Å². The lowest BCUT2D eigenvalue weighted by Crippen LogP contribution is -2.54. The van der Waals surface area contributed by atoms with Crippen molar-refractivity contribution in [2.24, 2.45) is 0 Å². The standard InChI is InChI=1S/C23H34N2O3/c1-5-7-8-10-18(9-6-2)19-11-12-20(16(3)15-19)25(17(4)26)21-13-14-22(27)24-23(21)28/h11-12,15,18,21H,5-10,13-14H2,1-4H3,(H,24,27,28). The highest BCUT2D eigenvalue weighted by molar-refractivity contribution is 6.06. The summed E-state index contributed by atoms with van der Waals surface area (Å²) in [6.45, 7) is 7.91. The number of hydrogen-bond donors (Lipinski definition) is 1. The van der Waals surface area contributed by atoms with Gasteiger partial charge in [-0.1, -0.05) is 51.7 Å². The summed E-state index contributed by atoms with van der Waals surface area (Å²) >= 11 is 0. The number of anilines is 1. The molecule has 1 fully saturated rings. The van der Waals surface area contributed by atoms with Crippen LogP contribution >= 0.6 is 0 Å². The van der Waals surface area contributed by atoms with Gasteiger partial charge in [0.15, 0.2) is 0 Å². The number of aryl methyl sites for hydroxylation is 1. The number of benzene rings is 1. The third-order valence-electron chi connectivity index (χ3n) is 5.61. The van der Waals surface area contributed by atoms with Crippen molar-refractivity contribution in [1.29, 1.82) is 0 Å². The number of carbonyl (C=O) groups excluding carboxylic acids is 3. The van der Waals surface area contributed by atoms with Crippen LogP contribution in [-0.2, 0) is 14.4 Å². The van der Waals surface area contributed by atoms with Gasteiger partial charge < -0.3 is 0 Å². The van der Waals surface area contributed by atoms with Crippen LogP contribution in [0.5, 0.6) is 0 Å². The monoisotopic (exact) mass is 386 g/mol. The lowest BCUT2D eigenvalue weighted by Gasteiger charge is -2.33. The molecule has 1 aliphatic heterocycles. The van der Waals surface area contributed by atoms with Crippen LogP contribution in [0, 0.1) is 6.92 Å². The molecule has 0 aliphatic carbocycles. The highest BCUT2D eigenvalue weighted by Crippen LogP contribution is 2.32. The fourth-order valence-electron chi connectivity index (χ4n) is 4.16. The predicted octanol–water partition coefficient (Wildman–Crippen LogP) is 4.62. The molecule has 5 nitrogen and oxygen atoms in total. The minimum atomic E-state index is -0.629. The molecule has 0 aromatic heterocycles. The Morgan fingerprint density at radius 2 is 1.93 bits per heavy atom. The molecule has 0 bridgehead atoms. The molecule has 0 spiro atoms. The molecule has 1 aliphatic rings. The molecule has 2 atom stereocenters. The number of rotatable bonds is 9. The van der Waals surface area contributed by atoms with Crippen molar-refractivity contribution in [3.05, 3.63) is 29.3 Å². The summed E-state index contributed by atoms with van der Waals surface area (Å²) in [6.07, 6.45) is 7.82. The molecular weight excluding hydrogens is 352 g/mol. The van der Waals surface area contributed by atoms with E-state index in [0.29, 0.717) is 12.3 Å². The Bertz CT molecular complexity index is 714. The quantitative estimate of drug-likeness (QED) is 0.497. The maximum Gasteiger partial charge on any atom is 0.249 e. The lowest BCUT2D eigenvalue weighted by atomic mass is 9.88. The fraction of sp³-hybridized carbons (Fsp3) is 0.609. The van der Waals surface area contributed by atoms with Crippen molar-refractivity contribution < 1.29 is 14.4 Å². The highest BCUT2D eigenvalue weighted by atomic mass is 16.2. The van der Waals surface area contributed by atoms with Crippen molar-refractivity contribution in [3.63, 3.8) is 0 Å². The highest BCUT2D eigenvalue weighted by Gasteiger charge is 2.34. The van der Waals surface area contributed by atoms with E-state index >= 15 is 0 Å². The van der Waals surface area contributed by atoms with Gasteiger partial charge in [-0.3, -0.25) is 24.6 Å². The number of nitrogens with one attached hydrogen (secondary N) is 1. The van der Waals surface area contributed by atoms with Crippen LogP contribution in [0.2, 0.25) is 0 Å². The fourth-order valence-corrected chi connectivity index (χ4v) is 4.16. The van der Waals surface area contributed by atoms with E-state index in [1.165, 1.54) is 38.2 Å². The minimum Gasteiger partial charge on any atom is -0.300 e. The van der Waals surface area contributed by atoms with Gasteiger partial charge in [0, 0.05) is 19.0 Å². The largest absolute Gasteiger partial charge is 0.300 e. The maximum atomic E-state index is 12.4. The number of hydrogen-bond acceptors (Lipinski definition) is 3. The first kappa shape index (κ1) is 22.1. The van der Waals surface area contributed by atoms with Crippen LogP contribution in [0.15, 0.2) is 18.2 Å². The molecule has 5 heteroatoms. The van der Waals surface area contributed by atoms with Gasteiger partial charge in [0.2, 0.25) is 17.7 Å². The Morgan fingerprint density at radius 3 is 2.50 bits per heavy atom. The average Bonchev–Trinajstić information content (AvgIpc) is 2.64. The van der Waals surface area contributed by atoms with E-state index in [-0.39, 0.29) is 18.2 Å². The van der Waals surface area contributed by atoms with Crippen LogP contribution < -0.4 is 10.2 Å². The molecule has 2 rings (SSSR count). The van der Waals surface area contributed by atoms with Crippen molar-refractivity contribution in [2.75, 3.05) is 4.90 Å². The van der Waals surface area contributed by atoms with Crippen LogP contribution in [0.3, 0.4) is 0 Å². The van der Waals surface area contributed by atoms with Crippen LogP contribution in [0.4, 0.5) is 5.69 Å². The van der Waals surface area contributed by atoms with Gasteiger partial charge >= 0.3 is 0 Å². The number of piperidine rings is 1. The Kier molecular flexibility index (Phi) is 8.21. The van der Waals surface area contributed by atoms with Gasteiger partial charge in [-0.2, -0.15) is 0 Å². The zero-order valence-corrected chi connectivity index (χ0v) is 17.7. The minimum absolute atomic E-state index is 0.182. The molecule has 28 heavy (non-hydrogen) atoms. The predicted molar refractivity (Wildman–Crippen MR) is 112 cm³/mol.